The van der Waals surface area contributed by atoms with Crippen LogP contribution in [0.3, 0.4) is 0 Å². The summed E-state index contributed by atoms with van der Waals surface area (Å²) in [5.41, 5.74) is 0. The summed E-state index contributed by atoms with van der Waals surface area (Å²) in [5, 5.41) is 7.07. The van der Waals surface area contributed by atoms with E-state index in [1.165, 1.54) is 7.11 Å². The van der Waals surface area contributed by atoms with Crippen molar-refractivity contribution >= 4 is 0 Å². The van der Waals surface area contributed by atoms with Gasteiger partial charge in [0.15, 0.2) is 0 Å². The normalized spacial score (nSPS) is 4.50. The Bertz CT molecular complexity index is 6.00. The molecule has 0 amide bonds. The van der Waals surface area contributed by atoms with Crippen LogP contribution in [0, 0.1) is 0 Å². The number of hydrogen-bond acceptors (Lipinski definition) is 2. The van der Waals surface area contributed by atoms with Gasteiger partial charge in [-0.2, -0.15) is 0 Å². The van der Waals surface area contributed by atoms with E-state index in [0.717, 1.165) is 0 Å². The molecule has 0 aromatic heterocycles. The first-order valence-corrected chi connectivity index (χ1v) is 0.591. The Morgan fingerprint density at radius 2 is 1.75 bits per heavy atom. The molecule has 1 N–H and O–H groups in total. The van der Waals surface area contributed by atoms with Crippen molar-refractivity contribution in [1.29, 1.82) is 0 Å². The van der Waals surface area contributed by atoms with E-state index in [4.69, 9.17) is 5.26 Å². The molecule has 0 aliphatic rings. The Labute approximate surface area is 34.6 Å². The zero-order valence-corrected chi connectivity index (χ0v) is 3.16. The van der Waals surface area contributed by atoms with E-state index in [1.807, 2.05) is 0 Å². The van der Waals surface area contributed by atoms with Gasteiger partial charge in [-0.1, -0.05) is 0 Å². The van der Waals surface area contributed by atoms with Gasteiger partial charge in [-0.25, -0.2) is 4.89 Å². The van der Waals surface area contributed by atoms with E-state index in [0.29, 0.717) is 0 Å². The third-order valence-electron chi connectivity index (χ3n) is 0. The smallest absolute Gasteiger partial charge is 0.0710 e. The molecule has 30 valence electrons. The minimum atomic E-state index is 0. The summed E-state index contributed by atoms with van der Waals surface area (Å²) in [5.74, 6) is 0. The van der Waals surface area contributed by atoms with Crippen molar-refractivity contribution in [3.8, 4) is 0 Å². The summed E-state index contributed by atoms with van der Waals surface area (Å²) in [6.45, 7) is 0. The molecule has 0 aromatic carbocycles. The SMILES string of the molecule is COO.[Ni]. The fourth-order valence-corrected chi connectivity index (χ4v) is 0. The fourth-order valence-electron chi connectivity index (χ4n) is 0. The monoisotopic (exact) mass is 106 g/mol. The Hall–Kier alpha value is 0.414. The zero-order valence-electron chi connectivity index (χ0n) is 2.17. The molecule has 3 heteroatoms. The maximum atomic E-state index is 7.07. The Morgan fingerprint density at radius 1 is 1.75 bits per heavy atom. The standard InChI is InChI=1S/CH4O2.Ni/c1-3-2;/h2H,1H3;. The first-order valence-electron chi connectivity index (χ1n) is 0.591. The van der Waals surface area contributed by atoms with Crippen molar-refractivity contribution in [3.05, 3.63) is 0 Å². The number of rotatable bonds is 0. The van der Waals surface area contributed by atoms with Crippen LogP contribution in [0.4, 0.5) is 0 Å². The summed E-state index contributed by atoms with van der Waals surface area (Å²) in [6.07, 6.45) is 0. The molecule has 0 saturated carbocycles. The van der Waals surface area contributed by atoms with Crippen LogP contribution < -0.4 is 0 Å². The van der Waals surface area contributed by atoms with Crippen LogP contribution in [0.1, 0.15) is 0 Å². The second-order valence-electron chi connectivity index (χ2n) is 0.183. The van der Waals surface area contributed by atoms with Crippen LogP contribution in [0.25, 0.3) is 0 Å². The first-order chi connectivity index (χ1) is 1.41. The molecule has 0 atom stereocenters. The van der Waals surface area contributed by atoms with Crippen molar-refractivity contribution in [3.63, 3.8) is 0 Å². The molecule has 0 heterocycles. The molecule has 0 bridgehead atoms. The van der Waals surface area contributed by atoms with Gasteiger partial charge in [-0.3, -0.25) is 5.26 Å². The Kier molecular flexibility index (Phi) is 22.0. The Balaban J connectivity index is 0. The van der Waals surface area contributed by atoms with E-state index in [1.54, 1.807) is 0 Å². The first kappa shape index (κ1) is 8.83. The second kappa shape index (κ2) is 9.95. The summed E-state index contributed by atoms with van der Waals surface area (Å²) in [7, 11) is 1.18. The maximum absolute atomic E-state index is 7.07. The summed E-state index contributed by atoms with van der Waals surface area (Å²) < 4.78 is 0. The van der Waals surface area contributed by atoms with E-state index in [9.17, 15) is 0 Å². The van der Waals surface area contributed by atoms with Crippen molar-refractivity contribution in [2.75, 3.05) is 7.11 Å². The quantitative estimate of drug-likeness (QED) is 0.270. The van der Waals surface area contributed by atoms with Crippen molar-refractivity contribution in [1.82, 2.24) is 0 Å². The van der Waals surface area contributed by atoms with Crippen molar-refractivity contribution in [2.24, 2.45) is 0 Å². The summed E-state index contributed by atoms with van der Waals surface area (Å²) in [4.78, 5) is 3.25. The van der Waals surface area contributed by atoms with Gasteiger partial charge in [0.25, 0.3) is 0 Å². The second-order valence-corrected chi connectivity index (χ2v) is 0.183. The summed E-state index contributed by atoms with van der Waals surface area (Å²) in [6, 6.07) is 0. The third kappa shape index (κ3) is 28.2. The fraction of sp³-hybridized carbons (Fsp3) is 1.00. The predicted molar refractivity (Wildman–Crippen MR) is 9.64 cm³/mol. The summed E-state index contributed by atoms with van der Waals surface area (Å²) >= 11 is 0. The van der Waals surface area contributed by atoms with E-state index in [2.05, 4.69) is 4.89 Å². The topological polar surface area (TPSA) is 29.5 Å². The van der Waals surface area contributed by atoms with Gasteiger partial charge in [0.2, 0.25) is 0 Å². The van der Waals surface area contributed by atoms with Gasteiger partial charge in [-0.15, -0.1) is 0 Å². The molecule has 0 aliphatic carbocycles. The van der Waals surface area contributed by atoms with Gasteiger partial charge in [0.1, 0.15) is 0 Å². The van der Waals surface area contributed by atoms with Crippen LogP contribution >= 0.6 is 0 Å². The molecule has 0 aliphatic heterocycles. The third-order valence-corrected chi connectivity index (χ3v) is 0. The van der Waals surface area contributed by atoms with E-state index in [-0.39, 0.29) is 16.5 Å². The van der Waals surface area contributed by atoms with E-state index < -0.39 is 0 Å². The molecule has 0 fully saturated rings. The van der Waals surface area contributed by atoms with Crippen LogP contribution in [0.5, 0.6) is 0 Å². The molecule has 0 saturated heterocycles. The molecular formula is CH4NiO2. The van der Waals surface area contributed by atoms with Crippen LogP contribution in [0.15, 0.2) is 0 Å². The Morgan fingerprint density at radius 3 is 1.75 bits per heavy atom. The molecule has 0 unspecified atom stereocenters. The largest absolute Gasteiger partial charge is 0.252 e. The molecule has 4 heavy (non-hydrogen) atoms. The van der Waals surface area contributed by atoms with E-state index >= 15 is 0 Å². The minimum Gasteiger partial charge on any atom is -0.252 e. The van der Waals surface area contributed by atoms with Crippen LogP contribution in [0.2, 0.25) is 0 Å². The minimum absolute atomic E-state index is 0. The molecular weight excluding hydrogens is 103 g/mol. The molecule has 0 spiro atoms. The van der Waals surface area contributed by atoms with Crippen LogP contribution in [-0.2, 0) is 21.4 Å². The average molecular weight is 107 g/mol. The molecule has 0 aromatic rings. The van der Waals surface area contributed by atoms with Crippen molar-refractivity contribution in [2.45, 2.75) is 0 Å². The van der Waals surface area contributed by atoms with Gasteiger partial charge in [0.05, 0.1) is 7.11 Å². The van der Waals surface area contributed by atoms with Gasteiger partial charge >= 0.3 is 0 Å². The van der Waals surface area contributed by atoms with Gasteiger partial charge in [-0.05, 0) is 0 Å². The average Bonchev–Trinajstić information content (AvgIpc) is 0.918. The van der Waals surface area contributed by atoms with Gasteiger partial charge < -0.3 is 0 Å². The number of hydrogen-bond donors (Lipinski definition) is 1. The van der Waals surface area contributed by atoms with Crippen molar-refractivity contribution < 1.29 is 26.6 Å². The molecule has 0 radical (unpaired) electrons. The molecule has 2 nitrogen and oxygen atoms in total. The van der Waals surface area contributed by atoms with Gasteiger partial charge in [0, 0.05) is 16.5 Å². The van der Waals surface area contributed by atoms with Crippen LogP contribution in [-0.4, -0.2) is 12.4 Å². The molecule has 0 rings (SSSR count). The maximum Gasteiger partial charge on any atom is 0.0710 e. The predicted octanol–water partition coefficient (Wildman–Crippen LogP) is 0.103. The zero-order chi connectivity index (χ0) is 2.71.